The quantitative estimate of drug-likeness (QED) is 0.747. The molecule has 74 valence electrons. The third-order valence-corrected chi connectivity index (χ3v) is 3.72. The summed E-state index contributed by atoms with van der Waals surface area (Å²) < 4.78 is 0. The van der Waals surface area contributed by atoms with Gasteiger partial charge in [0, 0.05) is 11.1 Å². The lowest BCUT2D eigenvalue weighted by Gasteiger charge is -2.23. The smallest absolute Gasteiger partial charge is 0.0409 e. The van der Waals surface area contributed by atoms with E-state index in [2.05, 4.69) is 17.4 Å². The molecule has 1 saturated carbocycles. The zero-order valence-electron chi connectivity index (χ0n) is 8.04. The molecule has 1 N–H and O–H groups in total. The predicted octanol–water partition coefficient (Wildman–Crippen LogP) is 3.01. The van der Waals surface area contributed by atoms with E-state index in [0.717, 1.165) is 16.9 Å². The average Bonchev–Trinajstić information content (AvgIpc) is 2.95. The van der Waals surface area contributed by atoms with E-state index < -0.39 is 0 Å². The molecule has 0 amide bonds. The molecule has 1 saturated heterocycles. The lowest BCUT2D eigenvalue weighted by Crippen LogP contribution is -2.28. The van der Waals surface area contributed by atoms with Gasteiger partial charge in [-0.05, 0) is 48.9 Å². The van der Waals surface area contributed by atoms with E-state index in [9.17, 15) is 0 Å². The summed E-state index contributed by atoms with van der Waals surface area (Å²) in [4.78, 5) is 0. The number of halogens is 1. The van der Waals surface area contributed by atoms with Crippen molar-refractivity contribution >= 4 is 11.6 Å². The number of rotatable bonds is 1. The van der Waals surface area contributed by atoms with Gasteiger partial charge in [0.1, 0.15) is 0 Å². The number of fused-ring (bicyclic) bond motifs is 1. The highest BCUT2D eigenvalue weighted by Crippen LogP contribution is 2.47. The van der Waals surface area contributed by atoms with Crippen LogP contribution >= 0.6 is 11.6 Å². The van der Waals surface area contributed by atoms with E-state index >= 15 is 0 Å². The summed E-state index contributed by atoms with van der Waals surface area (Å²) in [6.07, 6.45) is 2.73. The molecule has 3 unspecified atom stereocenters. The third-order valence-electron chi connectivity index (χ3n) is 3.48. The Hall–Kier alpha value is -0.530. The van der Waals surface area contributed by atoms with Crippen molar-refractivity contribution in [2.24, 2.45) is 11.8 Å². The van der Waals surface area contributed by atoms with Crippen LogP contribution in [0.15, 0.2) is 24.3 Å². The average molecular weight is 208 g/mol. The fourth-order valence-electron chi connectivity index (χ4n) is 2.51. The third kappa shape index (κ3) is 1.55. The van der Waals surface area contributed by atoms with Crippen molar-refractivity contribution in [3.05, 3.63) is 34.9 Å². The maximum atomic E-state index is 5.98. The van der Waals surface area contributed by atoms with Crippen molar-refractivity contribution in [2.45, 2.75) is 18.9 Å². The topological polar surface area (TPSA) is 12.0 Å². The highest BCUT2D eigenvalue weighted by Gasteiger charge is 2.42. The Kier molecular flexibility index (Phi) is 2.03. The van der Waals surface area contributed by atoms with Crippen LogP contribution in [-0.2, 0) is 0 Å². The lowest BCUT2D eigenvalue weighted by atomic mass is 9.97. The minimum Gasteiger partial charge on any atom is -0.310 e. The first-order chi connectivity index (χ1) is 6.83. The molecule has 2 heteroatoms. The SMILES string of the molecule is Clc1cccc(C2CC3CC3CN2)c1. The molecule has 0 bridgehead atoms. The molecule has 1 nitrogen and oxygen atoms in total. The normalized spacial score (nSPS) is 35.1. The second-order valence-electron chi connectivity index (χ2n) is 4.51. The van der Waals surface area contributed by atoms with E-state index in [4.69, 9.17) is 11.6 Å². The highest BCUT2D eigenvalue weighted by molar-refractivity contribution is 6.30. The molecule has 2 aliphatic rings. The van der Waals surface area contributed by atoms with Gasteiger partial charge in [0.15, 0.2) is 0 Å². The van der Waals surface area contributed by atoms with Gasteiger partial charge in [-0.1, -0.05) is 23.7 Å². The van der Waals surface area contributed by atoms with Crippen LogP contribution in [-0.4, -0.2) is 6.54 Å². The predicted molar refractivity (Wildman–Crippen MR) is 58.4 cm³/mol. The number of nitrogens with one attached hydrogen (secondary N) is 1. The summed E-state index contributed by atoms with van der Waals surface area (Å²) in [6.45, 7) is 1.20. The van der Waals surface area contributed by atoms with Crippen LogP contribution in [0.25, 0.3) is 0 Å². The first kappa shape index (κ1) is 8.75. The Morgan fingerprint density at radius 3 is 2.93 bits per heavy atom. The molecular formula is C12H14ClN. The van der Waals surface area contributed by atoms with Gasteiger partial charge in [-0.3, -0.25) is 0 Å². The summed E-state index contributed by atoms with van der Waals surface area (Å²) in [5, 5.41) is 4.44. The minimum absolute atomic E-state index is 0.539. The van der Waals surface area contributed by atoms with Gasteiger partial charge in [0.25, 0.3) is 0 Å². The second-order valence-corrected chi connectivity index (χ2v) is 4.94. The van der Waals surface area contributed by atoms with Crippen LogP contribution in [0.1, 0.15) is 24.4 Å². The Morgan fingerprint density at radius 1 is 1.21 bits per heavy atom. The van der Waals surface area contributed by atoms with E-state index in [1.165, 1.54) is 24.9 Å². The molecule has 0 aromatic heterocycles. The Morgan fingerprint density at radius 2 is 2.14 bits per heavy atom. The number of hydrogen-bond acceptors (Lipinski definition) is 1. The lowest BCUT2D eigenvalue weighted by molar-refractivity contribution is 0.395. The van der Waals surface area contributed by atoms with Crippen LogP contribution in [0, 0.1) is 11.8 Å². The Bertz CT molecular complexity index is 350. The monoisotopic (exact) mass is 207 g/mol. The molecule has 14 heavy (non-hydrogen) atoms. The summed E-state index contributed by atoms with van der Waals surface area (Å²) in [5.41, 5.74) is 1.35. The first-order valence-electron chi connectivity index (χ1n) is 5.32. The number of benzene rings is 1. The van der Waals surface area contributed by atoms with Gasteiger partial charge < -0.3 is 5.32 Å². The molecule has 2 fully saturated rings. The van der Waals surface area contributed by atoms with Gasteiger partial charge in [-0.2, -0.15) is 0 Å². The fraction of sp³-hybridized carbons (Fsp3) is 0.500. The molecular weight excluding hydrogens is 194 g/mol. The van der Waals surface area contributed by atoms with Crippen LogP contribution in [0.3, 0.4) is 0 Å². The van der Waals surface area contributed by atoms with Gasteiger partial charge in [0.2, 0.25) is 0 Å². The molecule has 1 aliphatic heterocycles. The van der Waals surface area contributed by atoms with Crippen molar-refractivity contribution in [2.75, 3.05) is 6.54 Å². The van der Waals surface area contributed by atoms with Crippen molar-refractivity contribution in [1.82, 2.24) is 5.32 Å². The van der Waals surface area contributed by atoms with Gasteiger partial charge in [-0.15, -0.1) is 0 Å². The maximum Gasteiger partial charge on any atom is 0.0409 e. The summed E-state index contributed by atoms with van der Waals surface area (Å²) in [5.74, 6) is 1.96. The molecule has 3 rings (SSSR count). The van der Waals surface area contributed by atoms with Crippen LogP contribution in [0.4, 0.5) is 0 Å². The van der Waals surface area contributed by atoms with Crippen molar-refractivity contribution in [3.63, 3.8) is 0 Å². The summed E-state index contributed by atoms with van der Waals surface area (Å²) in [7, 11) is 0. The fourth-order valence-corrected chi connectivity index (χ4v) is 2.70. The first-order valence-corrected chi connectivity index (χ1v) is 5.69. The van der Waals surface area contributed by atoms with Gasteiger partial charge in [-0.25, -0.2) is 0 Å². The van der Waals surface area contributed by atoms with E-state index in [0.29, 0.717) is 6.04 Å². The van der Waals surface area contributed by atoms with Crippen molar-refractivity contribution in [3.8, 4) is 0 Å². The zero-order valence-corrected chi connectivity index (χ0v) is 8.80. The van der Waals surface area contributed by atoms with Crippen molar-refractivity contribution < 1.29 is 0 Å². The number of piperidine rings is 1. The molecule has 0 radical (unpaired) electrons. The highest BCUT2D eigenvalue weighted by atomic mass is 35.5. The van der Waals surface area contributed by atoms with Gasteiger partial charge >= 0.3 is 0 Å². The second kappa shape index (κ2) is 3.25. The molecule has 1 aromatic rings. The molecule has 0 spiro atoms. The Labute approximate surface area is 89.5 Å². The summed E-state index contributed by atoms with van der Waals surface area (Å²) in [6, 6.07) is 8.78. The maximum absolute atomic E-state index is 5.98. The zero-order chi connectivity index (χ0) is 9.54. The van der Waals surface area contributed by atoms with E-state index in [1.807, 2.05) is 12.1 Å². The largest absolute Gasteiger partial charge is 0.310 e. The molecule has 1 aromatic carbocycles. The van der Waals surface area contributed by atoms with Crippen LogP contribution in [0.5, 0.6) is 0 Å². The molecule has 1 heterocycles. The standard InChI is InChI=1S/C12H14ClN/c13-11-3-1-2-8(5-11)12-6-9-4-10(9)7-14-12/h1-3,5,9-10,12,14H,4,6-7H2. The van der Waals surface area contributed by atoms with Crippen LogP contribution in [0.2, 0.25) is 5.02 Å². The van der Waals surface area contributed by atoms with E-state index in [-0.39, 0.29) is 0 Å². The molecule has 1 aliphatic carbocycles. The summed E-state index contributed by atoms with van der Waals surface area (Å²) >= 11 is 5.98. The molecule has 3 atom stereocenters. The van der Waals surface area contributed by atoms with Crippen molar-refractivity contribution in [1.29, 1.82) is 0 Å². The van der Waals surface area contributed by atoms with Crippen LogP contribution < -0.4 is 5.32 Å². The Balaban J connectivity index is 1.80. The number of hydrogen-bond donors (Lipinski definition) is 1. The van der Waals surface area contributed by atoms with E-state index in [1.54, 1.807) is 0 Å². The minimum atomic E-state index is 0.539. The van der Waals surface area contributed by atoms with Gasteiger partial charge in [0.05, 0.1) is 0 Å².